The van der Waals surface area contributed by atoms with E-state index in [1.165, 1.54) is 6.08 Å². The molecule has 4 nitrogen and oxygen atoms in total. The van der Waals surface area contributed by atoms with Gasteiger partial charge in [-0.25, -0.2) is 0 Å². The van der Waals surface area contributed by atoms with E-state index in [4.69, 9.17) is 0 Å². The van der Waals surface area contributed by atoms with Crippen LogP contribution in [0.3, 0.4) is 0 Å². The molecule has 1 atom stereocenters. The standard InChI is InChI=1S/C4H7NO3S/c1-2-4-3-8-9(6,7)5-4/h2,4-5H,1,3H2/t4-/m0/s1. The highest BCUT2D eigenvalue weighted by molar-refractivity contribution is 7.85. The lowest BCUT2D eigenvalue weighted by molar-refractivity contribution is 0.349. The molecule has 1 heterocycles. The van der Waals surface area contributed by atoms with E-state index in [1.54, 1.807) is 0 Å². The van der Waals surface area contributed by atoms with Crippen LogP contribution in [-0.2, 0) is 14.5 Å². The molecule has 0 amide bonds. The van der Waals surface area contributed by atoms with Gasteiger partial charge in [-0.2, -0.15) is 13.1 Å². The van der Waals surface area contributed by atoms with Crippen molar-refractivity contribution in [3.63, 3.8) is 0 Å². The molecule has 0 unspecified atom stereocenters. The van der Waals surface area contributed by atoms with Crippen molar-refractivity contribution in [1.29, 1.82) is 0 Å². The molecule has 0 saturated carbocycles. The summed E-state index contributed by atoms with van der Waals surface area (Å²) in [5.74, 6) is 0. The first-order chi connectivity index (χ1) is 4.14. The Morgan fingerprint density at radius 1 is 1.78 bits per heavy atom. The van der Waals surface area contributed by atoms with Gasteiger partial charge in [0.1, 0.15) is 0 Å². The van der Waals surface area contributed by atoms with Crippen LogP contribution >= 0.6 is 0 Å². The van der Waals surface area contributed by atoms with Gasteiger partial charge in [0.2, 0.25) is 0 Å². The van der Waals surface area contributed by atoms with E-state index >= 15 is 0 Å². The number of hydrogen-bond acceptors (Lipinski definition) is 3. The van der Waals surface area contributed by atoms with Gasteiger partial charge >= 0.3 is 10.3 Å². The fraction of sp³-hybridized carbons (Fsp3) is 0.500. The zero-order valence-electron chi connectivity index (χ0n) is 4.70. The zero-order chi connectivity index (χ0) is 6.91. The fourth-order valence-corrected chi connectivity index (χ4v) is 1.46. The van der Waals surface area contributed by atoms with E-state index in [0.29, 0.717) is 0 Å². The number of hydrogen-bond donors (Lipinski definition) is 1. The van der Waals surface area contributed by atoms with Crippen LogP contribution in [0.1, 0.15) is 0 Å². The Morgan fingerprint density at radius 2 is 2.44 bits per heavy atom. The van der Waals surface area contributed by atoms with E-state index in [2.05, 4.69) is 15.5 Å². The zero-order valence-corrected chi connectivity index (χ0v) is 5.52. The van der Waals surface area contributed by atoms with Crippen molar-refractivity contribution in [3.8, 4) is 0 Å². The average Bonchev–Trinajstić information content (AvgIpc) is 2.10. The minimum absolute atomic E-state index is 0.159. The molecule has 0 aliphatic carbocycles. The monoisotopic (exact) mass is 149 g/mol. The Hall–Kier alpha value is -0.390. The first-order valence-electron chi connectivity index (χ1n) is 2.43. The van der Waals surface area contributed by atoms with Crippen LogP contribution < -0.4 is 4.72 Å². The van der Waals surface area contributed by atoms with Gasteiger partial charge in [-0.3, -0.25) is 4.18 Å². The Labute approximate surface area is 53.8 Å². The lowest BCUT2D eigenvalue weighted by Gasteiger charge is -1.93. The third-order valence-electron chi connectivity index (χ3n) is 0.983. The van der Waals surface area contributed by atoms with Crippen molar-refractivity contribution >= 4 is 10.3 Å². The minimum atomic E-state index is -3.43. The molecule has 9 heavy (non-hydrogen) atoms. The molecule has 1 saturated heterocycles. The molecule has 1 aliphatic rings. The molecule has 1 fully saturated rings. The van der Waals surface area contributed by atoms with Gasteiger partial charge in [-0.1, -0.05) is 6.08 Å². The summed E-state index contributed by atoms with van der Waals surface area (Å²) in [7, 11) is -3.43. The number of rotatable bonds is 1. The Morgan fingerprint density at radius 3 is 2.67 bits per heavy atom. The molecular weight excluding hydrogens is 142 g/mol. The van der Waals surface area contributed by atoms with Crippen molar-refractivity contribution in [2.24, 2.45) is 0 Å². The summed E-state index contributed by atoms with van der Waals surface area (Å²) in [6, 6.07) is -0.255. The van der Waals surface area contributed by atoms with Gasteiger partial charge in [0.25, 0.3) is 0 Å². The second kappa shape index (κ2) is 2.09. The van der Waals surface area contributed by atoms with Crippen LogP contribution in [0.4, 0.5) is 0 Å². The smallest absolute Gasteiger partial charge is 0.256 e. The lowest BCUT2D eigenvalue weighted by atomic mass is 10.3. The molecule has 1 rings (SSSR count). The molecule has 0 aromatic heterocycles. The summed E-state index contributed by atoms with van der Waals surface area (Å²) in [6.07, 6.45) is 1.49. The van der Waals surface area contributed by atoms with E-state index in [0.717, 1.165) is 0 Å². The molecule has 0 radical (unpaired) electrons. The van der Waals surface area contributed by atoms with Crippen molar-refractivity contribution < 1.29 is 12.6 Å². The van der Waals surface area contributed by atoms with E-state index in [1.807, 2.05) is 0 Å². The Balaban J connectivity index is 2.68. The lowest BCUT2D eigenvalue weighted by Crippen LogP contribution is -2.24. The second-order valence-electron chi connectivity index (χ2n) is 1.70. The maximum Gasteiger partial charge on any atom is 0.336 e. The number of nitrogens with one attached hydrogen (secondary N) is 1. The summed E-state index contributed by atoms with van der Waals surface area (Å²) in [4.78, 5) is 0. The largest absolute Gasteiger partial charge is 0.336 e. The molecule has 1 aliphatic heterocycles. The molecule has 1 N–H and O–H groups in total. The minimum Gasteiger partial charge on any atom is -0.256 e. The summed E-state index contributed by atoms with van der Waals surface area (Å²) in [5.41, 5.74) is 0. The van der Waals surface area contributed by atoms with E-state index in [-0.39, 0.29) is 12.6 Å². The van der Waals surface area contributed by atoms with Crippen LogP contribution in [0.25, 0.3) is 0 Å². The highest BCUT2D eigenvalue weighted by Gasteiger charge is 2.24. The van der Waals surface area contributed by atoms with Crippen LogP contribution in [0.2, 0.25) is 0 Å². The maximum absolute atomic E-state index is 10.4. The third kappa shape index (κ3) is 1.51. The maximum atomic E-state index is 10.4. The topological polar surface area (TPSA) is 55.4 Å². The molecule has 0 aromatic carbocycles. The van der Waals surface area contributed by atoms with Crippen molar-refractivity contribution in [3.05, 3.63) is 12.7 Å². The molecule has 5 heteroatoms. The second-order valence-corrected chi connectivity index (χ2v) is 3.08. The molecular formula is C4H7NO3S. The average molecular weight is 149 g/mol. The molecule has 0 aromatic rings. The Bertz CT molecular complexity index is 208. The van der Waals surface area contributed by atoms with Crippen molar-refractivity contribution in [2.45, 2.75) is 6.04 Å². The predicted octanol–water partition coefficient (Wildman–Crippen LogP) is -0.594. The van der Waals surface area contributed by atoms with Gasteiger partial charge in [0, 0.05) is 0 Å². The van der Waals surface area contributed by atoms with Crippen LogP contribution in [0.15, 0.2) is 12.7 Å². The van der Waals surface area contributed by atoms with E-state index in [9.17, 15) is 8.42 Å². The summed E-state index contributed by atoms with van der Waals surface area (Å²) < 4.78 is 27.4. The highest BCUT2D eigenvalue weighted by atomic mass is 32.2. The van der Waals surface area contributed by atoms with Crippen LogP contribution in [-0.4, -0.2) is 21.1 Å². The summed E-state index contributed by atoms with van der Waals surface area (Å²) in [5, 5.41) is 0. The highest BCUT2D eigenvalue weighted by Crippen LogP contribution is 2.02. The van der Waals surface area contributed by atoms with Crippen molar-refractivity contribution in [2.75, 3.05) is 6.61 Å². The summed E-state index contributed by atoms with van der Waals surface area (Å²) >= 11 is 0. The predicted molar refractivity (Wildman–Crippen MR) is 32.0 cm³/mol. The first kappa shape index (κ1) is 6.73. The van der Waals surface area contributed by atoms with Crippen LogP contribution in [0.5, 0.6) is 0 Å². The van der Waals surface area contributed by atoms with Gasteiger partial charge in [-0.05, 0) is 0 Å². The summed E-state index contributed by atoms with van der Waals surface area (Å²) in [6.45, 7) is 3.56. The van der Waals surface area contributed by atoms with Gasteiger partial charge in [0.15, 0.2) is 0 Å². The quantitative estimate of drug-likeness (QED) is 0.507. The van der Waals surface area contributed by atoms with E-state index < -0.39 is 10.3 Å². The van der Waals surface area contributed by atoms with Crippen LogP contribution in [0, 0.1) is 0 Å². The Kier molecular flexibility index (Phi) is 1.56. The van der Waals surface area contributed by atoms with Gasteiger partial charge < -0.3 is 0 Å². The molecule has 0 bridgehead atoms. The first-order valence-corrected chi connectivity index (χ1v) is 3.84. The third-order valence-corrected chi connectivity index (χ3v) is 2.02. The normalized spacial score (nSPS) is 32.2. The SMILES string of the molecule is C=C[C@H]1COS(=O)(=O)N1. The van der Waals surface area contributed by atoms with Gasteiger partial charge in [-0.15, -0.1) is 6.58 Å². The van der Waals surface area contributed by atoms with Crippen molar-refractivity contribution in [1.82, 2.24) is 4.72 Å². The molecule has 52 valence electrons. The van der Waals surface area contributed by atoms with Gasteiger partial charge in [0.05, 0.1) is 12.6 Å². The molecule has 0 spiro atoms. The fourth-order valence-electron chi connectivity index (χ4n) is 0.532.